The number of benzene rings is 2. The lowest BCUT2D eigenvalue weighted by Crippen LogP contribution is -2.35. The number of anilines is 1. The van der Waals surface area contributed by atoms with Crippen molar-refractivity contribution in [1.82, 2.24) is 9.88 Å². The van der Waals surface area contributed by atoms with Gasteiger partial charge >= 0.3 is 6.09 Å². The van der Waals surface area contributed by atoms with Gasteiger partial charge in [0.15, 0.2) is 0 Å². The zero-order valence-corrected chi connectivity index (χ0v) is 21.9. The molecule has 0 fully saturated rings. The third-order valence-corrected chi connectivity index (χ3v) is 8.80. The molecule has 4 aromatic rings. The van der Waals surface area contributed by atoms with E-state index in [1.165, 1.54) is 16.2 Å². The molecule has 5 rings (SSSR count). The van der Waals surface area contributed by atoms with Gasteiger partial charge in [-0.1, -0.05) is 24.3 Å². The summed E-state index contributed by atoms with van der Waals surface area (Å²) in [5.74, 6) is -0.0647. The highest BCUT2D eigenvalue weighted by Crippen LogP contribution is 2.45. The predicted octanol–water partition coefficient (Wildman–Crippen LogP) is 6.44. The second-order valence-electron chi connectivity index (χ2n) is 8.14. The first-order chi connectivity index (χ1) is 17.1. The van der Waals surface area contributed by atoms with Crippen LogP contribution < -0.4 is 5.32 Å². The van der Waals surface area contributed by atoms with Crippen LogP contribution in [0.15, 0.2) is 53.4 Å². The molecule has 0 saturated heterocycles. The normalized spacial score (nSPS) is 13.0. The van der Waals surface area contributed by atoms with Crippen LogP contribution in [0.25, 0.3) is 20.8 Å². The summed E-state index contributed by atoms with van der Waals surface area (Å²) in [6, 6.07) is 16.1. The van der Waals surface area contributed by atoms with Crippen LogP contribution in [-0.4, -0.2) is 41.3 Å². The molecule has 2 amide bonds. The second-order valence-corrected chi connectivity index (χ2v) is 11.2. The maximum Gasteiger partial charge on any atom is 0.410 e. The molecule has 180 valence electrons. The van der Waals surface area contributed by atoms with Crippen molar-refractivity contribution < 1.29 is 14.3 Å². The van der Waals surface area contributed by atoms with Crippen molar-refractivity contribution in [1.29, 1.82) is 0 Å². The molecule has 0 atom stereocenters. The van der Waals surface area contributed by atoms with Crippen LogP contribution in [0.4, 0.5) is 9.80 Å². The minimum Gasteiger partial charge on any atom is -0.450 e. The molecule has 3 heterocycles. The Kier molecular flexibility index (Phi) is 7.08. The predicted molar refractivity (Wildman–Crippen MR) is 145 cm³/mol. The Hall–Kier alpha value is -2.88. The van der Waals surface area contributed by atoms with Crippen LogP contribution in [-0.2, 0) is 28.9 Å². The molecule has 0 aliphatic carbocycles. The van der Waals surface area contributed by atoms with Gasteiger partial charge in [-0.15, -0.1) is 34.4 Å². The lowest BCUT2D eigenvalue weighted by atomic mass is 10.0. The monoisotopic (exact) mass is 523 g/mol. The molecule has 0 unspecified atom stereocenters. The Labute approximate surface area is 216 Å². The average molecular weight is 524 g/mol. The van der Waals surface area contributed by atoms with Gasteiger partial charge in [-0.2, -0.15) is 0 Å². The van der Waals surface area contributed by atoms with Crippen LogP contribution >= 0.6 is 34.4 Å². The number of thioether (sulfide) groups is 1. The Morgan fingerprint density at radius 1 is 1.14 bits per heavy atom. The van der Waals surface area contributed by atoms with Crippen molar-refractivity contribution >= 4 is 61.7 Å². The molecule has 0 spiro atoms. The van der Waals surface area contributed by atoms with Crippen LogP contribution in [0.1, 0.15) is 22.9 Å². The number of carbonyl (C=O) groups is 2. The van der Waals surface area contributed by atoms with E-state index < -0.39 is 0 Å². The first-order valence-corrected chi connectivity index (χ1v) is 14.3. The summed E-state index contributed by atoms with van der Waals surface area (Å²) in [7, 11) is 0. The van der Waals surface area contributed by atoms with Crippen molar-refractivity contribution in [2.45, 2.75) is 31.2 Å². The minimum atomic E-state index is -0.299. The average Bonchev–Trinajstić information content (AvgIpc) is 3.44. The van der Waals surface area contributed by atoms with Gasteiger partial charge in [-0.05, 0) is 55.0 Å². The highest BCUT2D eigenvalue weighted by Gasteiger charge is 2.30. The Bertz CT molecular complexity index is 1340. The van der Waals surface area contributed by atoms with Crippen molar-refractivity contribution in [3.63, 3.8) is 0 Å². The number of hydrogen-bond acceptors (Lipinski definition) is 7. The highest BCUT2D eigenvalue weighted by molar-refractivity contribution is 7.98. The Morgan fingerprint density at radius 3 is 2.69 bits per heavy atom. The van der Waals surface area contributed by atoms with E-state index in [1.807, 2.05) is 55.6 Å². The van der Waals surface area contributed by atoms with Gasteiger partial charge in [0.25, 0.3) is 0 Å². The molecule has 0 bridgehead atoms. The van der Waals surface area contributed by atoms with Gasteiger partial charge in [0.2, 0.25) is 5.91 Å². The molecular weight excluding hydrogens is 499 g/mol. The molecule has 2 aromatic carbocycles. The number of carbonyl (C=O) groups excluding carboxylic acids is 2. The molecule has 35 heavy (non-hydrogen) atoms. The fraction of sp³-hybridized carbons (Fsp3) is 0.269. The molecular formula is C26H25N3O3S3. The second kappa shape index (κ2) is 10.4. The highest BCUT2D eigenvalue weighted by atomic mass is 32.2. The third-order valence-electron chi connectivity index (χ3n) is 5.87. The standard InChI is InChI=1S/C26H25N3O3S3/c1-3-32-26(31)29-13-12-18-21(15-29)35-25(23(18)24-27-19-6-4-5-7-20(19)34-24)28-22(30)14-16-8-10-17(33-2)11-9-16/h4-11H,3,12-15H2,1-2H3,(H,28,30). The summed E-state index contributed by atoms with van der Waals surface area (Å²) in [6.07, 6.45) is 2.73. The van der Waals surface area contributed by atoms with Crippen molar-refractivity contribution in [2.75, 3.05) is 24.7 Å². The largest absolute Gasteiger partial charge is 0.450 e. The fourth-order valence-corrected chi connectivity index (χ4v) is 6.97. The summed E-state index contributed by atoms with van der Waals surface area (Å²) < 4.78 is 6.32. The van der Waals surface area contributed by atoms with E-state index in [9.17, 15) is 9.59 Å². The number of nitrogens with zero attached hydrogens (tertiary/aromatic N) is 2. The van der Waals surface area contributed by atoms with E-state index in [0.717, 1.165) is 41.8 Å². The maximum atomic E-state index is 13.1. The lowest BCUT2D eigenvalue weighted by molar-refractivity contribution is -0.115. The van der Waals surface area contributed by atoms with Crippen molar-refractivity contribution in [3.05, 3.63) is 64.5 Å². The first-order valence-electron chi connectivity index (χ1n) is 11.4. The van der Waals surface area contributed by atoms with Crippen LogP contribution in [0.5, 0.6) is 0 Å². The Balaban J connectivity index is 1.47. The number of fused-ring (bicyclic) bond motifs is 2. The molecule has 9 heteroatoms. The van der Waals surface area contributed by atoms with Gasteiger partial charge in [-0.3, -0.25) is 4.79 Å². The van der Waals surface area contributed by atoms with E-state index in [-0.39, 0.29) is 12.0 Å². The van der Waals surface area contributed by atoms with E-state index in [4.69, 9.17) is 9.72 Å². The van der Waals surface area contributed by atoms with Gasteiger partial charge in [0.05, 0.1) is 29.8 Å². The summed E-state index contributed by atoms with van der Waals surface area (Å²) in [6.45, 7) is 3.22. The molecule has 1 aliphatic rings. The summed E-state index contributed by atoms with van der Waals surface area (Å²) in [5.41, 5.74) is 4.06. The zero-order chi connectivity index (χ0) is 24.4. The van der Waals surface area contributed by atoms with E-state index >= 15 is 0 Å². The molecule has 0 radical (unpaired) electrons. The third kappa shape index (κ3) is 5.07. The van der Waals surface area contributed by atoms with Crippen molar-refractivity contribution in [2.24, 2.45) is 0 Å². The fourth-order valence-electron chi connectivity index (χ4n) is 4.17. The number of ether oxygens (including phenoxy) is 1. The van der Waals surface area contributed by atoms with Crippen molar-refractivity contribution in [3.8, 4) is 10.6 Å². The summed E-state index contributed by atoms with van der Waals surface area (Å²) in [5, 5.41) is 4.86. The SMILES string of the molecule is CCOC(=O)N1CCc2c(sc(NC(=O)Cc3ccc(SC)cc3)c2-c2nc3ccccc3s2)C1. The molecule has 1 N–H and O–H groups in total. The molecule has 6 nitrogen and oxygen atoms in total. The van der Waals surface area contributed by atoms with Crippen LogP contribution in [0.3, 0.4) is 0 Å². The summed E-state index contributed by atoms with van der Waals surface area (Å²) in [4.78, 5) is 34.2. The summed E-state index contributed by atoms with van der Waals surface area (Å²) >= 11 is 4.84. The number of hydrogen-bond donors (Lipinski definition) is 1. The smallest absolute Gasteiger partial charge is 0.410 e. The first kappa shape index (κ1) is 23.8. The van der Waals surface area contributed by atoms with Gasteiger partial charge in [0, 0.05) is 21.9 Å². The molecule has 1 aliphatic heterocycles. The number of thiophene rings is 1. The van der Waals surface area contributed by atoms with Gasteiger partial charge in [-0.25, -0.2) is 9.78 Å². The number of para-hydroxylation sites is 1. The zero-order valence-electron chi connectivity index (χ0n) is 19.5. The Morgan fingerprint density at radius 2 is 1.94 bits per heavy atom. The number of thiazole rings is 1. The van der Waals surface area contributed by atoms with E-state index in [2.05, 4.69) is 11.4 Å². The maximum absolute atomic E-state index is 13.1. The van der Waals surface area contributed by atoms with Gasteiger partial charge < -0.3 is 15.0 Å². The van der Waals surface area contributed by atoms with Crippen LogP contribution in [0.2, 0.25) is 0 Å². The van der Waals surface area contributed by atoms with E-state index in [1.54, 1.807) is 28.0 Å². The van der Waals surface area contributed by atoms with Crippen LogP contribution in [0, 0.1) is 0 Å². The van der Waals surface area contributed by atoms with Gasteiger partial charge in [0.1, 0.15) is 10.0 Å². The minimum absolute atomic E-state index is 0.0647. The van der Waals surface area contributed by atoms with E-state index in [0.29, 0.717) is 32.5 Å². The molecule has 0 saturated carbocycles. The number of aromatic nitrogens is 1. The number of rotatable bonds is 6. The number of nitrogens with one attached hydrogen (secondary N) is 1. The topological polar surface area (TPSA) is 71.5 Å². The lowest BCUT2D eigenvalue weighted by Gasteiger charge is -2.26. The number of amides is 2. The molecule has 2 aromatic heterocycles. The quantitative estimate of drug-likeness (QED) is 0.294.